The number of rotatable bonds is 8. The molecule has 2 amide bonds. The molecule has 1 unspecified atom stereocenters. The summed E-state index contributed by atoms with van der Waals surface area (Å²) in [5.41, 5.74) is 1.35. The maximum absolute atomic E-state index is 13.0. The standard InChI is InChI=1S/C23H24FN3O4S/c1-3-27(4-2)23-26-21(29)19(32-23)13-20(28)25-18-7-5-6-16(12-18)22(30)31-14-15-8-10-17(24)11-9-15/h5-12,19H,3-4,13-14H2,1-2H3,(H,25,28). The predicted molar refractivity (Wildman–Crippen MR) is 122 cm³/mol. The molecule has 3 rings (SSSR count). The minimum atomic E-state index is -0.566. The molecule has 0 spiro atoms. The van der Waals surface area contributed by atoms with E-state index in [0.717, 1.165) is 13.1 Å². The third kappa shape index (κ3) is 6.16. The van der Waals surface area contributed by atoms with E-state index in [4.69, 9.17) is 4.74 Å². The van der Waals surface area contributed by atoms with Gasteiger partial charge in [0.15, 0.2) is 5.17 Å². The quantitative estimate of drug-likeness (QED) is 0.606. The number of carbonyl (C=O) groups excluding carboxylic acids is 3. The highest BCUT2D eigenvalue weighted by atomic mass is 32.2. The number of nitrogens with one attached hydrogen (secondary N) is 1. The summed E-state index contributed by atoms with van der Waals surface area (Å²) in [6, 6.07) is 12.0. The number of hydrogen-bond acceptors (Lipinski definition) is 6. The fourth-order valence-electron chi connectivity index (χ4n) is 3.06. The van der Waals surface area contributed by atoms with E-state index in [1.54, 1.807) is 18.2 Å². The second-order valence-electron chi connectivity index (χ2n) is 7.05. The molecule has 0 radical (unpaired) electrons. The second-order valence-corrected chi connectivity index (χ2v) is 8.22. The number of hydrogen-bond donors (Lipinski definition) is 1. The van der Waals surface area contributed by atoms with Crippen LogP contribution in [0.1, 0.15) is 36.2 Å². The van der Waals surface area contributed by atoms with E-state index in [1.807, 2.05) is 18.7 Å². The van der Waals surface area contributed by atoms with Crippen molar-refractivity contribution in [3.8, 4) is 0 Å². The Balaban J connectivity index is 1.54. The number of ether oxygens (including phenoxy) is 1. The molecule has 1 aliphatic rings. The van der Waals surface area contributed by atoms with Gasteiger partial charge in [-0.25, -0.2) is 9.18 Å². The molecule has 1 N–H and O–H groups in total. The van der Waals surface area contributed by atoms with E-state index in [2.05, 4.69) is 10.3 Å². The first-order chi connectivity index (χ1) is 15.4. The van der Waals surface area contributed by atoms with Gasteiger partial charge in [-0.05, 0) is 49.7 Å². The first kappa shape index (κ1) is 23.5. The highest BCUT2D eigenvalue weighted by molar-refractivity contribution is 8.15. The SMILES string of the molecule is CCN(CC)C1=NC(=O)C(CC(=O)Nc2cccc(C(=O)OCc3ccc(F)cc3)c2)S1. The van der Waals surface area contributed by atoms with Gasteiger partial charge in [-0.3, -0.25) is 9.59 Å². The summed E-state index contributed by atoms with van der Waals surface area (Å²) in [6.45, 7) is 5.44. The Morgan fingerprint density at radius 2 is 1.88 bits per heavy atom. The number of carbonyl (C=O) groups is 3. The van der Waals surface area contributed by atoms with Crippen molar-refractivity contribution in [2.45, 2.75) is 32.1 Å². The molecule has 0 aromatic heterocycles. The van der Waals surface area contributed by atoms with Crippen molar-refractivity contribution in [2.75, 3.05) is 18.4 Å². The van der Waals surface area contributed by atoms with Crippen LogP contribution in [0.4, 0.5) is 10.1 Å². The number of nitrogens with zero attached hydrogens (tertiary/aromatic N) is 2. The first-order valence-electron chi connectivity index (χ1n) is 10.2. The lowest BCUT2D eigenvalue weighted by atomic mass is 10.2. The Kier molecular flexibility index (Phi) is 7.99. The summed E-state index contributed by atoms with van der Waals surface area (Å²) in [5, 5.41) is 2.80. The van der Waals surface area contributed by atoms with E-state index in [1.165, 1.54) is 42.1 Å². The van der Waals surface area contributed by atoms with Gasteiger partial charge in [0.25, 0.3) is 5.91 Å². The molecule has 1 atom stereocenters. The highest BCUT2D eigenvalue weighted by Gasteiger charge is 2.32. The summed E-state index contributed by atoms with van der Waals surface area (Å²) in [7, 11) is 0. The number of halogens is 1. The molecule has 9 heteroatoms. The van der Waals surface area contributed by atoms with Crippen molar-refractivity contribution in [3.63, 3.8) is 0 Å². The van der Waals surface area contributed by atoms with Crippen molar-refractivity contribution in [1.82, 2.24) is 4.90 Å². The first-order valence-corrected chi connectivity index (χ1v) is 11.1. The smallest absolute Gasteiger partial charge is 0.338 e. The molecule has 0 aliphatic carbocycles. The van der Waals surface area contributed by atoms with Gasteiger partial charge in [-0.2, -0.15) is 4.99 Å². The molecule has 32 heavy (non-hydrogen) atoms. The van der Waals surface area contributed by atoms with E-state index in [0.29, 0.717) is 16.4 Å². The number of amidine groups is 1. The second kappa shape index (κ2) is 10.9. The molecule has 0 fully saturated rings. The van der Waals surface area contributed by atoms with Crippen LogP contribution < -0.4 is 5.32 Å². The number of aliphatic imine (C=N–C) groups is 1. The molecular weight excluding hydrogens is 433 g/mol. The van der Waals surface area contributed by atoms with Crippen LogP contribution >= 0.6 is 11.8 Å². The minimum absolute atomic E-state index is 0.00554. The molecule has 0 saturated heterocycles. The third-order valence-corrected chi connectivity index (χ3v) is 6.01. The fraction of sp³-hybridized carbons (Fsp3) is 0.304. The zero-order chi connectivity index (χ0) is 23.1. The zero-order valence-electron chi connectivity index (χ0n) is 17.8. The van der Waals surface area contributed by atoms with Crippen LogP contribution in [0.2, 0.25) is 0 Å². The summed E-state index contributed by atoms with van der Waals surface area (Å²) in [5.74, 6) is -1.59. The summed E-state index contributed by atoms with van der Waals surface area (Å²) >= 11 is 1.30. The van der Waals surface area contributed by atoms with Crippen molar-refractivity contribution in [1.29, 1.82) is 0 Å². The monoisotopic (exact) mass is 457 g/mol. The van der Waals surface area contributed by atoms with E-state index >= 15 is 0 Å². The van der Waals surface area contributed by atoms with Crippen molar-refractivity contribution < 1.29 is 23.5 Å². The van der Waals surface area contributed by atoms with Crippen LogP contribution in [0.3, 0.4) is 0 Å². The maximum Gasteiger partial charge on any atom is 0.338 e. The molecule has 0 saturated carbocycles. The van der Waals surface area contributed by atoms with Crippen LogP contribution in [0.5, 0.6) is 0 Å². The van der Waals surface area contributed by atoms with Crippen molar-refractivity contribution >= 4 is 40.4 Å². The molecule has 0 bridgehead atoms. The van der Waals surface area contributed by atoms with Gasteiger partial charge in [-0.15, -0.1) is 0 Å². The highest BCUT2D eigenvalue weighted by Crippen LogP contribution is 2.27. The molecule has 2 aromatic rings. The Morgan fingerprint density at radius 3 is 2.56 bits per heavy atom. The van der Waals surface area contributed by atoms with E-state index in [9.17, 15) is 18.8 Å². The van der Waals surface area contributed by atoms with Crippen molar-refractivity contribution in [3.05, 3.63) is 65.5 Å². The Labute approximate surface area is 190 Å². The lowest BCUT2D eigenvalue weighted by molar-refractivity contribution is -0.121. The van der Waals surface area contributed by atoms with Gasteiger partial charge >= 0.3 is 5.97 Å². The van der Waals surface area contributed by atoms with Gasteiger partial charge in [0.2, 0.25) is 5.91 Å². The van der Waals surface area contributed by atoms with E-state index in [-0.39, 0.29) is 36.2 Å². The lowest BCUT2D eigenvalue weighted by Gasteiger charge is -2.19. The normalized spacial score (nSPS) is 15.3. The largest absolute Gasteiger partial charge is 0.457 e. The minimum Gasteiger partial charge on any atom is -0.457 e. The van der Waals surface area contributed by atoms with Crippen LogP contribution in [-0.4, -0.2) is 46.2 Å². The lowest BCUT2D eigenvalue weighted by Crippen LogP contribution is -2.27. The van der Waals surface area contributed by atoms with Crippen molar-refractivity contribution in [2.24, 2.45) is 4.99 Å². The van der Waals surface area contributed by atoms with E-state index < -0.39 is 11.2 Å². The Bertz CT molecular complexity index is 1020. The molecular formula is C23H24FN3O4S. The predicted octanol–water partition coefficient (Wildman–Crippen LogP) is 3.85. The number of anilines is 1. The Hall–Kier alpha value is -3.20. The van der Waals surface area contributed by atoms with Gasteiger partial charge in [0.1, 0.15) is 17.7 Å². The van der Waals surface area contributed by atoms with Crippen LogP contribution in [-0.2, 0) is 20.9 Å². The average molecular weight is 458 g/mol. The number of esters is 1. The molecule has 7 nitrogen and oxygen atoms in total. The topological polar surface area (TPSA) is 88.1 Å². The number of thioether (sulfide) groups is 1. The molecule has 168 valence electrons. The summed E-state index contributed by atoms with van der Waals surface area (Å²) < 4.78 is 18.2. The van der Waals surface area contributed by atoms with Gasteiger partial charge in [0.05, 0.1) is 5.56 Å². The number of amides is 2. The average Bonchev–Trinajstić information content (AvgIpc) is 3.13. The number of benzene rings is 2. The van der Waals surface area contributed by atoms with Gasteiger partial charge in [-0.1, -0.05) is 30.0 Å². The maximum atomic E-state index is 13.0. The van der Waals surface area contributed by atoms with Crippen LogP contribution in [0, 0.1) is 5.82 Å². The summed E-state index contributed by atoms with van der Waals surface area (Å²) in [6.07, 6.45) is -0.0169. The molecule has 1 aliphatic heterocycles. The Morgan fingerprint density at radius 1 is 1.16 bits per heavy atom. The van der Waals surface area contributed by atoms with Crippen LogP contribution in [0.15, 0.2) is 53.5 Å². The fourth-order valence-corrected chi connectivity index (χ4v) is 4.25. The molecule has 1 heterocycles. The molecule has 2 aromatic carbocycles. The van der Waals surface area contributed by atoms with Gasteiger partial charge < -0.3 is 15.0 Å². The van der Waals surface area contributed by atoms with Gasteiger partial charge in [0, 0.05) is 25.2 Å². The zero-order valence-corrected chi connectivity index (χ0v) is 18.7. The summed E-state index contributed by atoms with van der Waals surface area (Å²) in [4.78, 5) is 43.0. The van der Waals surface area contributed by atoms with Crippen LogP contribution in [0.25, 0.3) is 0 Å². The third-order valence-electron chi connectivity index (χ3n) is 4.80.